The molecule has 2 aliphatic rings. The molecule has 0 radical (unpaired) electrons. The highest BCUT2D eigenvalue weighted by molar-refractivity contribution is 5.86. The van der Waals surface area contributed by atoms with E-state index in [1.54, 1.807) is 0 Å². The van der Waals surface area contributed by atoms with Crippen molar-refractivity contribution in [2.24, 2.45) is 16.6 Å². The highest BCUT2D eigenvalue weighted by atomic mass is 16.3. The number of rotatable bonds is 3. The number of furan rings is 1. The molecule has 1 aromatic heterocycles. The van der Waals surface area contributed by atoms with E-state index in [-0.39, 0.29) is 22.8 Å². The molecule has 1 saturated carbocycles. The van der Waals surface area contributed by atoms with Crippen molar-refractivity contribution in [1.82, 2.24) is 5.32 Å². The minimum absolute atomic E-state index is 0.0581. The monoisotopic (exact) mass is 276 g/mol. The first-order valence-electron chi connectivity index (χ1n) is 7.45. The summed E-state index contributed by atoms with van der Waals surface area (Å²) in [6, 6.07) is 2.13. The van der Waals surface area contributed by atoms with Crippen LogP contribution >= 0.6 is 0 Å². The van der Waals surface area contributed by atoms with E-state index in [1.165, 1.54) is 0 Å². The lowest BCUT2D eigenvalue weighted by Crippen LogP contribution is -2.41. The Labute approximate surface area is 120 Å². The number of carbonyl (C=O) groups excluding carboxylic acids is 1. The molecule has 4 heteroatoms. The third-order valence-corrected chi connectivity index (χ3v) is 4.77. The summed E-state index contributed by atoms with van der Waals surface area (Å²) < 4.78 is 5.80. The van der Waals surface area contributed by atoms with Gasteiger partial charge in [-0.25, -0.2) is 0 Å². The molecular formula is C16H24N2O2. The van der Waals surface area contributed by atoms with E-state index < -0.39 is 0 Å². The quantitative estimate of drug-likeness (QED) is 0.891. The maximum absolute atomic E-state index is 12.4. The number of amides is 1. The van der Waals surface area contributed by atoms with Crippen molar-refractivity contribution in [3.05, 3.63) is 23.2 Å². The van der Waals surface area contributed by atoms with E-state index in [2.05, 4.69) is 25.2 Å². The van der Waals surface area contributed by atoms with E-state index >= 15 is 0 Å². The Bertz CT molecular complexity index is 541. The predicted molar refractivity (Wildman–Crippen MR) is 77.2 cm³/mol. The third-order valence-electron chi connectivity index (χ3n) is 4.77. The van der Waals surface area contributed by atoms with Gasteiger partial charge in [0.1, 0.15) is 11.5 Å². The van der Waals surface area contributed by atoms with Crippen LogP contribution in [0.5, 0.6) is 0 Å². The van der Waals surface area contributed by atoms with E-state index in [1.807, 2.05) is 6.92 Å². The number of carbonyl (C=O) groups is 1. The standard InChI is InChI=1S/C16H24N2O2/c1-10-6-11-12(7-15(2,3)8-13(11)20-10)18-14(19)16(9-17)4-5-16/h6,12H,4-5,7-9,17H2,1-3H3,(H,18,19). The van der Waals surface area contributed by atoms with Crippen LogP contribution in [-0.2, 0) is 11.2 Å². The number of nitrogens with one attached hydrogen (secondary N) is 1. The lowest BCUT2D eigenvalue weighted by molar-refractivity contribution is -0.127. The maximum atomic E-state index is 12.4. The second kappa shape index (κ2) is 4.35. The van der Waals surface area contributed by atoms with Crippen LogP contribution in [0.15, 0.2) is 10.5 Å². The number of aryl methyl sites for hydroxylation is 1. The fourth-order valence-electron chi connectivity index (χ4n) is 3.30. The minimum atomic E-state index is -0.291. The van der Waals surface area contributed by atoms with Crippen molar-refractivity contribution >= 4 is 5.91 Å². The molecule has 2 aliphatic carbocycles. The normalized spacial score (nSPS) is 25.9. The van der Waals surface area contributed by atoms with Gasteiger partial charge in [-0.1, -0.05) is 13.8 Å². The van der Waals surface area contributed by atoms with Gasteiger partial charge < -0.3 is 15.5 Å². The molecule has 0 aromatic carbocycles. The van der Waals surface area contributed by atoms with Gasteiger partial charge in [-0.05, 0) is 37.7 Å². The van der Waals surface area contributed by atoms with Crippen LogP contribution in [0.1, 0.15) is 56.2 Å². The van der Waals surface area contributed by atoms with Gasteiger partial charge in [0.25, 0.3) is 0 Å². The van der Waals surface area contributed by atoms with Gasteiger partial charge in [-0.2, -0.15) is 0 Å². The van der Waals surface area contributed by atoms with Crippen LogP contribution in [0.25, 0.3) is 0 Å². The molecule has 1 aromatic rings. The number of nitrogens with two attached hydrogens (primary N) is 1. The van der Waals surface area contributed by atoms with Gasteiger partial charge in [0, 0.05) is 18.5 Å². The molecule has 0 aliphatic heterocycles. The number of hydrogen-bond acceptors (Lipinski definition) is 3. The average Bonchev–Trinajstić information content (AvgIpc) is 3.06. The van der Waals surface area contributed by atoms with Crippen LogP contribution in [0.4, 0.5) is 0 Å². The van der Waals surface area contributed by atoms with Crippen LogP contribution < -0.4 is 11.1 Å². The Morgan fingerprint density at radius 2 is 2.20 bits per heavy atom. The highest BCUT2D eigenvalue weighted by Gasteiger charge is 2.49. The molecule has 110 valence electrons. The Morgan fingerprint density at radius 1 is 1.50 bits per heavy atom. The fraction of sp³-hybridized carbons (Fsp3) is 0.688. The molecule has 3 rings (SSSR count). The molecule has 1 fully saturated rings. The molecule has 0 bridgehead atoms. The molecular weight excluding hydrogens is 252 g/mol. The molecule has 3 N–H and O–H groups in total. The second-order valence-corrected chi connectivity index (χ2v) is 7.29. The molecule has 4 nitrogen and oxygen atoms in total. The van der Waals surface area contributed by atoms with Gasteiger partial charge >= 0.3 is 0 Å². The van der Waals surface area contributed by atoms with Crippen LogP contribution in [0.3, 0.4) is 0 Å². The summed E-state index contributed by atoms with van der Waals surface area (Å²) in [6.07, 6.45) is 3.72. The summed E-state index contributed by atoms with van der Waals surface area (Å²) in [5.41, 5.74) is 6.76. The zero-order valence-electron chi connectivity index (χ0n) is 12.6. The topological polar surface area (TPSA) is 68.3 Å². The van der Waals surface area contributed by atoms with Crippen molar-refractivity contribution in [3.63, 3.8) is 0 Å². The summed E-state index contributed by atoms with van der Waals surface area (Å²) in [6.45, 7) is 6.87. The van der Waals surface area contributed by atoms with Crippen molar-refractivity contribution in [2.45, 2.75) is 52.5 Å². The Morgan fingerprint density at radius 3 is 2.80 bits per heavy atom. The molecule has 20 heavy (non-hydrogen) atoms. The first-order chi connectivity index (χ1) is 9.35. The first kappa shape index (κ1) is 13.7. The van der Waals surface area contributed by atoms with E-state index in [0.29, 0.717) is 6.54 Å². The van der Waals surface area contributed by atoms with Gasteiger partial charge in [0.05, 0.1) is 11.5 Å². The third kappa shape index (κ3) is 2.26. The summed E-state index contributed by atoms with van der Waals surface area (Å²) in [7, 11) is 0. The minimum Gasteiger partial charge on any atom is -0.466 e. The van der Waals surface area contributed by atoms with E-state index in [9.17, 15) is 4.79 Å². The van der Waals surface area contributed by atoms with Crippen LogP contribution in [0.2, 0.25) is 0 Å². The lowest BCUT2D eigenvalue weighted by atomic mass is 9.74. The Balaban J connectivity index is 1.84. The molecule has 1 amide bonds. The fourth-order valence-corrected chi connectivity index (χ4v) is 3.30. The molecule has 1 atom stereocenters. The number of hydrogen-bond donors (Lipinski definition) is 2. The van der Waals surface area contributed by atoms with Gasteiger partial charge in [-0.3, -0.25) is 4.79 Å². The largest absolute Gasteiger partial charge is 0.466 e. The van der Waals surface area contributed by atoms with Gasteiger partial charge in [0.15, 0.2) is 0 Å². The van der Waals surface area contributed by atoms with Crippen molar-refractivity contribution in [3.8, 4) is 0 Å². The lowest BCUT2D eigenvalue weighted by Gasteiger charge is -2.35. The Kier molecular flexibility index (Phi) is 2.98. The summed E-state index contributed by atoms with van der Waals surface area (Å²) in [5, 5.41) is 3.22. The molecule has 0 saturated heterocycles. The predicted octanol–water partition coefficient (Wildman–Crippen LogP) is 2.46. The molecule has 1 heterocycles. The SMILES string of the molecule is Cc1cc2c(o1)CC(C)(C)CC2NC(=O)C1(CN)CC1. The average molecular weight is 276 g/mol. The molecule has 1 unspecified atom stereocenters. The van der Waals surface area contributed by atoms with Crippen molar-refractivity contribution in [1.29, 1.82) is 0 Å². The van der Waals surface area contributed by atoms with Crippen molar-refractivity contribution in [2.75, 3.05) is 6.54 Å². The zero-order valence-corrected chi connectivity index (χ0v) is 12.6. The molecule has 0 spiro atoms. The summed E-state index contributed by atoms with van der Waals surface area (Å²) in [4.78, 5) is 12.4. The second-order valence-electron chi connectivity index (χ2n) is 7.29. The highest BCUT2D eigenvalue weighted by Crippen LogP contribution is 2.47. The Hall–Kier alpha value is -1.29. The van der Waals surface area contributed by atoms with Gasteiger partial charge in [-0.15, -0.1) is 0 Å². The van der Waals surface area contributed by atoms with E-state index in [0.717, 1.165) is 42.8 Å². The maximum Gasteiger partial charge on any atom is 0.227 e. The van der Waals surface area contributed by atoms with Crippen molar-refractivity contribution < 1.29 is 9.21 Å². The van der Waals surface area contributed by atoms with Crippen LogP contribution in [-0.4, -0.2) is 12.5 Å². The zero-order chi connectivity index (χ0) is 14.5. The first-order valence-corrected chi connectivity index (χ1v) is 7.45. The summed E-state index contributed by atoms with van der Waals surface area (Å²) in [5.74, 6) is 2.07. The number of fused-ring (bicyclic) bond motifs is 1. The summed E-state index contributed by atoms with van der Waals surface area (Å²) >= 11 is 0. The van der Waals surface area contributed by atoms with Crippen LogP contribution in [0, 0.1) is 17.8 Å². The van der Waals surface area contributed by atoms with E-state index in [4.69, 9.17) is 10.2 Å². The smallest absolute Gasteiger partial charge is 0.227 e. The van der Waals surface area contributed by atoms with Gasteiger partial charge in [0.2, 0.25) is 5.91 Å².